The molecule has 0 saturated carbocycles. The lowest BCUT2D eigenvalue weighted by atomic mass is 9.75. The molecule has 1 saturated heterocycles. The normalized spacial score (nSPS) is 20.4. The Morgan fingerprint density at radius 1 is 1.00 bits per heavy atom. The Hall–Kier alpha value is -0.935. The molecule has 0 unspecified atom stereocenters. The van der Waals surface area contributed by atoms with Crippen molar-refractivity contribution in [1.29, 1.82) is 0 Å². The first-order valence-corrected chi connectivity index (χ1v) is 7.53. The summed E-state index contributed by atoms with van der Waals surface area (Å²) in [6.07, 6.45) is 4.77. The number of nitrogens with zero attached hydrogens (tertiary/aromatic N) is 1. The van der Waals surface area contributed by atoms with Crippen LogP contribution < -0.4 is 5.59 Å². The standard InChI is InChI=1S/C15H23BFNO2/c1-5-14(6-2)15(7-3,8-4)20-16(19-14)13-10-9-12(17)11-18-13/h9-11H,5-8H2,1-4H3. The number of rotatable bonds is 5. The molecule has 2 rings (SSSR count). The van der Waals surface area contributed by atoms with Gasteiger partial charge >= 0.3 is 7.12 Å². The molecule has 0 spiro atoms. The van der Waals surface area contributed by atoms with Crippen LogP contribution in [0.1, 0.15) is 53.4 Å². The summed E-state index contributed by atoms with van der Waals surface area (Å²) in [5, 5.41) is 0. The molecule has 1 aliphatic heterocycles. The van der Waals surface area contributed by atoms with Crippen molar-refractivity contribution in [1.82, 2.24) is 4.98 Å². The van der Waals surface area contributed by atoms with Gasteiger partial charge in [0.1, 0.15) is 5.82 Å². The molecule has 3 nitrogen and oxygen atoms in total. The smallest absolute Gasteiger partial charge is 0.398 e. The molecule has 1 fully saturated rings. The van der Waals surface area contributed by atoms with Crippen LogP contribution >= 0.6 is 0 Å². The molecule has 1 aromatic rings. The zero-order chi connectivity index (χ0) is 14.8. The van der Waals surface area contributed by atoms with Crippen LogP contribution in [-0.2, 0) is 9.31 Å². The van der Waals surface area contributed by atoms with E-state index in [1.165, 1.54) is 12.3 Å². The first-order valence-electron chi connectivity index (χ1n) is 7.53. The Morgan fingerprint density at radius 2 is 1.50 bits per heavy atom. The highest BCUT2D eigenvalue weighted by atomic mass is 19.1. The zero-order valence-electron chi connectivity index (χ0n) is 12.8. The summed E-state index contributed by atoms with van der Waals surface area (Å²) in [5.41, 5.74) is 0.0514. The number of halogens is 1. The summed E-state index contributed by atoms with van der Waals surface area (Å²) in [6.45, 7) is 8.53. The highest BCUT2D eigenvalue weighted by molar-refractivity contribution is 6.61. The van der Waals surface area contributed by atoms with Crippen molar-refractivity contribution in [3.63, 3.8) is 0 Å². The first kappa shape index (κ1) is 15.5. The Kier molecular flexibility index (Phi) is 4.50. The van der Waals surface area contributed by atoms with E-state index in [1.807, 2.05) is 0 Å². The second-order valence-electron chi connectivity index (χ2n) is 5.37. The van der Waals surface area contributed by atoms with Gasteiger partial charge < -0.3 is 9.31 Å². The van der Waals surface area contributed by atoms with Crippen LogP contribution in [0.3, 0.4) is 0 Å². The third-order valence-corrected chi connectivity index (χ3v) is 4.77. The predicted octanol–water partition coefficient (Wildman–Crippen LogP) is 3.08. The molecule has 20 heavy (non-hydrogen) atoms. The third kappa shape index (κ3) is 2.27. The lowest BCUT2D eigenvalue weighted by Crippen LogP contribution is -2.50. The molecule has 0 N–H and O–H groups in total. The molecular formula is C15H23BFNO2. The van der Waals surface area contributed by atoms with Gasteiger partial charge in [-0.05, 0) is 37.8 Å². The largest absolute Gasteiger partial charge is 0.514 e. The minimum Gasteiger partial charge on any atom is -0.398 e. The van der Waals surface area contributed by atoms with E-state index in [0.29, 0.717) is 5.59 Å². The van der Waals surface area contributed by atoms with E-state index < -0.39 is 7.12 Å². The summed E-state index contributed by atoms with van der Waals surface area (Å²) >= 11 is 0. The fourth-order valence-electron chi connectivity index (χ4n) is 3.42. The Morgan fingerprint density at radius 3 is 1.85 bits per heavy atom. The third-order valence-electron chi connectivity index (χ3n) is 4.77. The van der Waals surface area contributed by atoms with Crippen molar-refractivity contribution in [2.45, 2.75) is 64.6 Å². The molecule has 2 heterocycles. The quantitative estimate of drug-likeness (QED) is 0.776. The van der Waals surface area contributed by atoms with Gasteiger partial charge in [-0.2, -0.15) is 0 Å². The van der Waals surface area contributed by atoms with E-state index in [2.05, 4.69) is 32.7 Å². The minimum atomic E-state index is -0.504. The van der Waals surface area contributed by atoms with Crippen LogP contribution in [0.2, 0.25) is 0 Å². The maximum Gasteiger partial charge on any atom is 0.514 e. The van der Waals surface area contributed by atoms with E-state index in [-0.39, 0.29) is 17.0 Å². The lowest BCUT2D eigenvalue weighted by molar-refractivity contribution is -0.0601. The Balaban J connectivity index is 2.35. The van der Waals surface area contributed by atoms with E-state index in [1.54, 1.807) is 6.07 Å². The topological polar surface area (TPSA) is 31.4 Å². The van der Waals surface area contributed by atoms with Gasteiger partial charge in [0.2, 0.25) is 0 Å². The number of pyridine rings is 1. The van der Waals surface area contributed by atoms with Gasteiger partial charge in [-0.1, -0.05) is 27.7 Å². The molecule has 0 aliphatic carbocycles. The molecule has 0 atom stereocenters. The van der Waals surface area contributed by atoms with Gasteiger partial charge in [0.25, 0.3) is 0 Å². The van der Waals surface area contributed by atoms with Crippen molar-refractivity contribution in [3.8, 4) is 0 Å². The second-order valence-corrected chi connectivity index (χ2v) is 5.37. The van der Waals surface area contributed by atoms with Crippen molar-refractivity contribution in [3.05, 3.63) is 24.1 Å². The second kappa shape index (κ2) is 5.82. The van der Waals surface area contributed by atoms with Gasteiger partial charge in [0, 0.05) is 0 Å². The van der Waals surface area contributed by atoms with Gasteiger partial charge in [-0.15, -0.1) is 0 Å². The Labute approximate surface area is 121 Å². The van der Waals surface area contributed by atoms with E-state index in [0.717, 1.165) is 25.7 Å². The molecule has 110 valence electrons. The van der Waals surface area contributed by atoms with Crippen molar-refractivity contribution in [2.75, 3.05) is 0 Å². The highest BCUT2D eigenvalue weighted by Crippen LogP contribution is 2.46. The SMILES string of the molecule is CCC1(CC)OB(c2ccc(F)cn2)OC1(CC)CC. The van der Waals surface area contributed by atoms with Crippen LogP contribution in [-0.4, -0.2) is 23.3 Å². The summed E-state index contributed by atoms with van der Waals surface area (Å²) in [4.78, 5) is 4.10. The molecule has 5 heteroatoms. The van der Waals surface area contributed by atoms with E-state index in [4.69, 9.17) is 9.31 Å². The monoisotopic (exact) mass is 279 g/mol. The van der Waals surface area contributed by atoms with Crippen LogP contribution in [0.15, 0.2) is 18.3 Å². The summed E-state index contributed by atoms with van der Waals surface area (Å²) in [7, 11) is -0.504. The van der Waals surface area contributed by atoms with Gasteiger partial charge in [0.15, 0.2) is 0 Å². The van der Waals surface area contributed by atoms with Crippen molar-refractivity contribution >= 4 is 12.7 Å². The average Bonchev–Trinajstić information content (AvgIpc) is 2.83. The molecule has 0 amide bonds. The van der Waals surface area contributed by atoms with Crippen molar-refractivity contribution in [2.24, 2.45) is 0 Å². The average molecular weight is 279 g/mol. The maximum atomic E-state index is 13.0. The molecule has 0 bridgehead atoms. The summed E-state index contributed by atoms with van der Waals surface area (Å²) in [5.74, 6) is -0.346. The molecule has 0 radical (unpaired) electrons. The van der Waals surface area contributed by atoms with E-state index in [9.17, 15) is 4.39 Å². The van der Waals surface area contributed by atoms with Gasteiger partial charge in [0.05, 0.1) is 23.0 Å². The lowest BCUT2D eigenvalue weighted by Gasteiger charge is -2.42. The summed E-state index contributed by atoms with van der Waals surface area (Å²) in [6, 6.07) is 3.03. The van der Waals surface area contributed by atoms with Crippen LogP contribution in [0.25, 0.3) is 0 Å². The number of aromatic nitrogens is 1. The fourth-order valence-corrected chi connectivity index (χ4v) is 3.42. The predicted molar refractivity (Wildman–Crippen MR) is 78.4 cm³/mol. The first-order chi connectivity index (χ1) is 9.56. The number of hydrogen-bond acceptors (Lipinski definition) is 3. The van der Waals surface area contributed by atoms with Gasteiger partial charge in [-0.25, -0.2) is 4.39 Å². The Bertz CT molecular complexity index is 424. The molecule has 0 aromatic carbocycles. The summed E-state index contributed by atoms with van der Waals surface area (Å²) < 4.78 is 25.5. The maximum absolute atomic E-state index is 13.0. The van der Waals surface area contributed by atoms with E-state index >= 15 is 0 Å². The zero-order valence-corrected chi connectivity index (χ0v) is 12.8. The van der Waals surface area contributed by atoms with Crippen LogP contribution in [0.4, 0.5) is 4.39 Å². The molecule has 1 aliphatic rings. The van der Waals surface area contributed by atoms with Crippen LogP contribution in [0, 0.1) is 5.82 Å². The van der Waals surface area contributed by atoms with Crippen molar-refractivity contribution < 1.29 is 13.7 Å². The van der Waals surface area contributed by atoms with Crippen LogP contribution in [0.5, 0.6) is 0 Å². The fraction of sp³-hybridized carbons (Fsp3) is 0.667. The van der Waals surface area contributed by atoms with Gasteiger partial charge in [-0.3, -0.25) is 4.98 Å². The number of hydrogen-bond donors (Lipinski definition) is 0. The highest BCUT2D eigenvalue weighted by Gasteiger charge is 2.58. The minimum absolute atomic E-state index is 0.294. The molecule has 1 aromatic heterocycles. The molecular weight excluding hydrogens is 256 g/mol.